The molecule has 0 unspecified atom stereocenters. The zero-order valence-corrected chi connectivity index (χ0v) is 18.1. The summed E-state index contributed by atoms with van der Waals surface area (Å²) in [5, 5.41) is 9.23. The summed E-state index contributed by atoms with van der Waals surface area (Å²) in [6, 6.07) is 10.1. The Hall–Kier alpha value is -3.46. The molecule has 0 fully saturated rings. The van der Waals surface area contributed by atoms with Crippen molar-refractivity contribution in [3.05, 3.63) is 59.7 Å². The van der Waals surface area contributed by atoms with E-state index < -0.39 is 11.9 Å². The summed E-state index contributed by atoms with van der Waals surface area (Å²) in [7, 11) is 1.47. The number of hydrogen-bond acceptors (Lipinski definition) is 6. The number of thiazole rings is 1. The van der Waals surface area contributed by atoms with Gasteiger partial charge in [0, 0.05) is 18.0 Å². The van der Waals surface area contributed by atoms with Crippen molar-refractivity contribution in [2.75, 3.05) is 12.4 Å². The lowest BCUT2D eigenvalue weighted by Gasteiger charge is -2.07. The highest BCUT2D eigenvalue weighted by Gasteiger charge is 2.16. The normalized spacial score (nSPS) is 11.0. The molecule has 0 aliphatic heterocycles. The van der Waals surface area contributed by atoms with E-state index in [1.807, 2.05) is 29.8 Å². The van der Waals surface area contributed by atoms with Crippen LogP contribution in [0.4, 0.5) is 14.2 Å². The molecule has 2 heterocycles. The molecule has 9 heteroatoms. The number of nitrogens with zero attached hydrogens (tertiary/aromatic N) is 3. The number of aromatic nitrogens is 3. The molecule has 1 N–H and O–H groups in total. The van der Waals surface area contributed by atoms with E-state index in [0.29, 0.717) is 27.0 Å². The fourth-order valence-corrected chi connectivity index (χ4v) is 4.21. The Labute approximate surface area is 182 Å². The number of hydrogen-bond donors (Lipinski definition) is 1. The van der Waals surface area contributed by atoms with E-state index in [1.165, 1.54) is 30.6 Å². The third-order valence-electron chi connectivity index (χ3n) is 4.78. The van der Waals surface area contributed by atoms with E-state index in [1.54, 1.807) is 19.2 Å². The van der Waals surface area contributed by atoms with E-state index >= 15 is 0 Å². The van der Waals surface area contributed by atoms with Crippen LogP contribution in [0.25, 0.3) is 21.5 Å². The lowest BCUT2D eigenvalue weighted by Crippen LogP contribution is -2.13. The number of carbonyl (C=O) groups excluding carboxylic acids is 1. The van der Waals surface area contributed by atoms with Gasteiger partial charge in [-0.15, -0.1) is 0 Å². The van der Waals surface area contributed by atoms with Crippen molar-refractivity contribution in [1.82, 2.24) is 14.8 Å². The van der Waals surface area contributed by atoms with Crippen molar-refractivity contribution in [1.29, 1.82) is 0 Å². The molecule has 2 aromatic carbocycles. The summed E-state index contributed by atoms with van der Waals surface area (Å²) >= 11 is 1.27. The SMILES string of the molecule is CCn1ncc2cc(COC(=O)Nc3sc(-c4ccc(F)cc4OC)nc3C)ccc21. The van der Waals surface area contributed by atoms with Gasteiger partial charge >= 0.3 is 6.09 Å². The molecule has 0 aliphatic rings. The number of aryl methyl sites for hydroxylation is 2. The Balaban J connectivity index is 1.43. The second-order valence-electron chi connectivity index (χ2n) is 6.83. The van der Waals surface area contributed by atoms with Crippen molar-refractivity contribution in [2.24, 2.45) is 0 Å². The first kappa shape index (κ1) is 20.8. The summed E-state index contributed by atoms with van der Waals surface area (Å²) in [6.07, 6.45) is 1.22. The Morgan fingerprint density at radius 3 is 2.87 bits per heavy atom. The first-order chi connectivity index (χ1) is 15.0. The summed E-state index contributed by atoms with van der Waals surface area (Å²) in [5.41, 5.74) is 3.20. The Morgan fingerprint density at radius 2 is 2.10 bits per heavy atom. The molecular weight excluding hydrogens is 419 g/mol. The topological polar surface area (TPSA) is 78.3 Å². The van der Waals surface area contributed by atoms with Gasteiger partial charge in [0.2, 0.25) is 0 Å². The van der Waals surface area contributed by atoms with Gasteiger partial charge in [-0.3, -0.25) is 10.00 Å². The summed E-state index contributed by atoms with van der Waals surface area (Å²) in [5.74, 6) is -0.0132. The number of anilines is 1. The molecule has 7 nitrogen and oxygen atoms in total. The van der Waals surface area contributed by atoms with Gasteiger partial charge < -0.3 is 9.47 Å². The maximum atomic E-state index is 13.5. The van der Waals surface area contributed by atoms with Crippen LogP contribution in [0.15, 0.2) is 42.6 Å². The van der Waals surface area contributed by atoms with Gasteiger partial charge in [0.05, 0.1) is 30.1 Å². The Bertz CT molecular complexity index is 1250. The van der Waals surface area contributed by atoms with Crippen LogP contribution in [0.1, 0.15) is 18.2 Å². The van der Waals surface area contributed by atoms with Gasteiger partial charge in [-0.2, -0.15) is 5.10 Å². The van der Waals surface area contributed by atoms with Crippen LogP contribution in [-0.4, -0.2) is 28.0 Å². The molecule has 0 radical (unpaired) electrons. The zero-order valence-electron chi connectivity index (χ0n) is 17.3. The first-order valence-electron chi connectivity index (χ1n) is 9.68. The molecule has 0 saturated carbocycles. The smallest absolute Gasteiger partial charge is 0.412 e. The number of amides is 1. The monoisotopic (exact) mass is 440 g/mol. The van der Waals surface area contributed by atoms with Crippen molar-refractivity contribution >= 4 is 33.3 Å². The van der Waals surface area contributed by atoms with Gasteiger partial charge in [0.15, 0.2) is 0 Å². The highest BCUT2D eigenvalue weighted by atomic mass is 32.1. The van der Waals surface area contributed by atoms with E-state index in [9.17, 15) is 9.18 Å². The van der Waals surface area contributed by atoms with Crippen molar-refractivity contribution < 1.29 is 18.7 Å². The largest absolute Gasteiger partial charge is 0.496 e. The molecule has 31 heavy (non-hydrogen) atoms. The quantitative estimate of drug-likeness (QED) is 0.435. The van der Waals surface area contributed by atoms with Gasteiger partial charge in [0.1, 0.15) is 28.2 Å². The molecule has 0 atom stereocenters. The molecule has 0 bridgehead atoms. The first-order valence-corrected chi connectivity index (χ1v) is 10.5. The summed E-state index contributed by atoms with van der Waals surface area (Å²) < 4.78 is 26.0. The van der Waals surface area contributed by atoms with Crippen LogP contribution in [0, 0.1) is 12.7 Å². The number of carbonyl (C=O) groups is 1. The van der Waals surface area contributed by atoms with Crippen LogP contribution in [0.5, 0.6) is 5.75 Å². The lowest BCUT2D eigenvalue weighted by atomic mass is 10.2. The average Bonchev–Trinajstić information content (AvgIpc) is 3.34. The number of nitrogens with one attached hydrogen (secondary N) is 1. The zero-order chi connectivity index (χ0) is 22.0. The minimum atomic E-state index is -0.575. The molecule has 4 aromatic rings. The third kappa shape index (κ3) is 4.36. The van der Waals surface area contributed by atoms with Gasteiger partial charge in [0.25, 0.3) is 0 Å². The number of benzene rings is 2. The minimum Gasteiger partial charge on any atom is -0.496 e. The molecule has 160 valence electrons. The number of ether oxygens (including phenoxy) is 2. The number of halogens is 1. The van der Waals surface area contributed by atoms with Crippen LogP contribution in [0.3, 0.4) is 0 Å². The molecule has 0 spiro atoms. The number of rotatable bonds is 6. The molecule has 0 aliphatic carbocycles. The molecule has 2 aromatic heterocycles. The van der Waals surface area contributed by atoms with Gasteiger partial charge in [-0.25, -0.2) is 14.2 Å². The van der Waals surface area contributed by atoms with Crippen LogP contribution >= 0.6 is 11.3 Å². The maximum Gasteiger partial charge on any atom is 0.412 e. The molecule has 4 rings (SSSR count). The van der Waals surface area contributed by atoms with Gasteiger partial charge in [-0.05, 0) is 43.7 Å². The number of fused-ring (bicyclic) bond motifs is 1. The van der Waals surface area contributed by atoms with E-state index in [0.717, 1.165) is 23.0 Å². The van der Waals surface area contributed by atoms with E-state index in [-0.39, 0.29) is 6.61 Å². The summed E-state index contributed by atoms with van der Waals surface area (Å²) in [4.78, 5) is 16.8. The third-order valence-corrected chi connectivity index (χ3v) is 5.89. The summed E-state index contributed by atoms with van der Waals surface area (Å²) in [6.45, 7) is 4.75. The lowest BCUT2D eigenvalue weighted by molar-refractivity contribution is 0.155. The number of methoxy groups -OCH3 is 1. The van der Waals surface area contributed by atoms with E-state index in [2.05, 4.69) is 15.4 Å². The van der Waals surface area contributed by atoms with E-state index in [4.69, 9.17) is 9.47 Å². The van der Waals surface area contributed by atoms with Crippen LogP contribution < -0.4 is 10.1 Å². The fourth-order valence-electron chi connectivity index (χ4n) is 3.23. The standard InChI is InChI=1S/C22H21FN4O3S/c1-4-27-18-8-5-14(9-15(18)11-24-27)12-30-22(28)26-20-13(2)25-21(31-20)17-7-6-16(23)10-19(17)29-3/h5-11H,4,12H2,1-3H3,(H,26,28). The van der Waals surface area contributed by atoms with Crippen LogP contribution in [-0.2, 0) is 17.9 Å². The molecule has 1 amide bonds. The second kappa shape index (κ2) is 8.73. The highest BCUT2D eigenvalue weighted by molar-refractivity contribution is 7.19. The second-order valence-corrected chi connectivity index (χ2v) is 7.83. The van der Waals surface area contributed by atoms with Crippen molar-refractivity contribution in [3.63, 3.8) is 0 Å². The Morgan fingerprint density at radius 1 is 1.26 bits per heavy atom. The molecule has 0 saturated heterocycles. The molecular formula is C22H21FN4O3S. The van der Waals surface area contributed by atoms with Crippen molar-refractivity contribution in [2.45, 2.75) is 27.0 Å². The minimum absolute atomic E-state index is 0.134. The average molecular weight is 441 g/mol. The maximum absolute atomic E-state index is 13.5. The van der Waals surface area contributed by atoms with Gasteiger partial charge in [-0.1, -0.05) is 17.4 Å². The van der Waals surface area contributed by atoms with Crippen molar-refractivity contribution in [3.8, 4) is 16.3 Å². The predicted molar refractivity (Wildman–Crippen MR) is 118 cm³/mol. The highest BCUT2D eigenvalue weighted by Crippen LogP contribution is 2.37. The van der Waals surface area contributed by atoms with Crippen LogP contribution in [0.2, 0.25) is 0 Å². The fraction of sp³-hybridized carbons (Fsp3) is 0.227. The predicted octanol–water partition coefficient (Wildman–Crippen LogP) is 5.38. The Kier molecular flexibility index (Phi) is 5.85.